The maximum Gasteiger partial charge on any atom is 0.422 e. The van der Waals surface area contributed by atoms with E-state index in [9.17, 15) is 13.2 Å². The lowest BCUT2D eigenvalue weighted by molar-refractivity contribution is -0.154. The summed E-state index contributed by atoms with van der Waals surface area (Å²) in [7, 11) is 1.59. The fourth-order valence-corrected chi connectivity index (χ4v) is 3.51. The highest BCUT2D eigenvalue weighted by Gasteiger charge is 2.33. The third-order valence-electron chi connectivity index (χ3n) is 4.71. The Hall–Kier alpha value is -1.77. The molecule has 2 heterocycles. The van der Waals surface area contributed by atoms with Crippen LogP contribution in [0.1, 0.15) is 22.7 Å². The van der Waals surface area contributed by atoms with Crippen molar-refractivity contribution in [1.29, 1.82) is 0 Å². The van der Waals surface area contributed by atoms with Gasteiger partial charge in [-0.05, 0) is 12.5 Å². The summed E-state index contributed by atoms with van der Waals surface area (Å²) in [5, 5.41) is 4.22. The average molecular weight is 405 g/mol. The zero-order valence-corrected chi connectivity index (χ0v) is 16.1. The predicted molar refractivity (Wildman–Crippen MR) is 99.2 cm³/mol. The normalized spacial score (nSPS) is 20.5. The van der Waals surface area contributed by atoms with Crippen molar-refractivity contribution in [3.63, 3.8) is 0 Å². The first-order valence-corrected chi connectivity index (χ1v) is 8.49. The summed E-state index contributed by atoms with van der Waals surface area (Å²) in [4.78, 5) is 2.15. The molecule has 1 aliphatic rings. The van der Waals surface area contributed by atoms with E-state index in [1.54, 1.807) is 14.0 Å². The first-order chi connectivity index (χ1) is 12.2. The number of benzene rings is 1. The van der Waals surface area contributed by atoms with Crippen LogP contribution in [-0.2, 0) is 13.6 Å². The fourth-order valence-electron chi connectivity index (χ4n) is 3.51. The molecule has 3 rings (SSSR count). The second-order valence-electron chi connectivity index (χ2n) is 6.77. The van der Waals surface area contributed by atoms with E-state index in [1.807, 2.05) is 18.2 Å². The number of nitrogens with two attached hydrogens (primary N) is 1. The number of aromatic nitrogens is 2. The summed E-state index contributed by atoms with van der Waals surface area (Å²) in [6.45, 7) is 2.33. The molecule has 2 atom stereocenters. The molecule has 0 spiro atoms. The second kappa shape index (κ2) is 8.50. The monoisotopic (exact) mass is 404 g/mol. The summed E-state index contributed by atoms with van der Waals surface area (Å²) in [5.41, 5.74) is 8.84. The Morgan fingerprint density at radius 3 is 2.52 bits per heavy atom. The lowest BCUT2D eigenvalue weighted by atomic mass is 9.95. The van der Waals surface area contributed by atoms with Gasteiger partial charge in [0, 0.05) is 38.6 Å². The van der Waals surface area contributed by atoms with Gasteiger partial charge in [-0.2, -0.15) is 18.3 Å². The van der Waals surface area contributed by atoms with Crippen molar-refractivity contribution in [3.8, 4) is 5.88 Å². The van der Waals surface area contributed by atoms with Gasteiger partial charge in [-0.1, -0.05) is 30.3 Å². The number of rotatable bonds is 5. The Labute approximate surface area is 162 Å². The first kappa shape index (κ1) is 21.5. The number of nitrogens with zero attached hydrogens (tertiary/aromatic N) is 3. The third-order valence-corrected chi connectivity index (χ3v) is 4.71. The molecule has 9 heteroatoms. The molecule has 0 aliphatic carbocycles. The zero-order valence-electron chi connectivity index (χ0n) is 15.2. The highest BCUT2D eigenvalue weighted by atomic mass is 35.5. The lowest BCUT2D eigenvalue weighted by Gasteiger charge is -2.17. The largest absolute Gasteiger partial charge is 0.468 e. The van der Waals surface area contributed by atoms with Crippen LogP contribution in [0.2, 0.25) is 0 Å². The Bertz CT molecular complexity index is 751. The van der Waals surface area contributed by atoms with E-state index >= 15 is 0 Å². The number of hydrogen-bond donors (Lipinski definition) is 1. The first-order valence-electron chi connectivity index (χ1n) is 8.49. The van der Waals surface area contributed by atoms with Crippen LogP contribution in [0.4, 0.5) is 13.2 Å². The van der Waals surface area contributed by atoms with E-state index in [2.05, 4.69) is 22.1 Å². The molecule has 1 saturated heterocycles. The third kappa shape index (κ3) is 5.15. The van der Waals surface area contributed by atoms with Crippen LogP contribution in [0.25, 0.3) is 0 Å². The minimum absolute atomic E-state index is 0. The lowest BCUT2D eigenvalue weighted by Crippen LogP contribution is -2.28. The summed E-state index contributed by atoms with van der Waals surface area (Å²) in [5.74, 6) is 0.365. The van der Waals surface area contributed by atoms with Crippen LogP contribution < -0.4 is 10.5 Å². The van der Waals surface area contributed by atoms with E-state index in [-0.39, 0.29) is 30.2 Å². The van der Waals surface area contributed by atoms with Crippen LogP contribution in [0, 0.1) is 6.92 Å². The SMILES string of the molecule is Cc1nn(C)c(OCC(F)(F)F)c1CN1C[C@@H](N)[C@H](c2ccccc2)C1.Cl. The van der Waals surface area contributed by atoms with Crippen molar-refractivity contribution in [3.05, 3.63) is 47.2 Å². The topological polar surface area (TPSA) is 56.3 Å². The fraction of sp³-hybridized carbons (Fsp3) is 0.500. The molecule has 0 saturated carbocycles. The Morgan fingerprint density at radius 2 is 1.89 bits per heavy atom. The van der Waals surface area contributed by atoms with Crippen LogP contribution in [0.5, 0.6) is 5.88 Å². The van der Waals surface area contributed by atoms with E-state index in [0.717, 1.165) is 6.54 Å². The Morgan fingerprint density at radius 1 is 1.22 bits per heavy atom. The van der Waals surface area contributed by atoms with Crippen LogP contribution in [-0.4, -0.2) is 46.6 Å². The number of hydrogen-bond acceptors (Lipinski definition) is 4. The number of ether oxygens (including phenoxy) is 1. The van der Waals surface area contributed by atoms with Crippen LogP contribution in [0.15, 0.2) is 30.3 Å². The van der Waals surface area contributed by atoms with Gasteiger partial charge in [-0.3, -0.25) is 4.90 Å². The standard InChI is InChI=1S/C18H23F3N4O.ClH/c1-12-14(17(24(2)23-12)26-11-18(19,20)21)8-25-9-15(16(22)10-25)13-6-4-3-5-7-13;/h3-7,15-16H,8-11,22H2,1-2H3;1H/t15-,16+;/m0./s1. The van der Waals surface area contributed by atoms with Gasteiger partial charge in [0.05, 0.1) is 11.3 Å². The molecule has 0 amide bonds. The summed E-state index contributed by atoms with van der Waals surface area (Å²) < 4.78 is 44.0. The van der Waals surface area contributed by atoms with E-state index in [1.165, 1.54) is 10.2 Å². The van der Waals surface area contributed by atoms with Crippen molar-refractivity contribution >= 4 is 12.4 Å². The van der Waals surface area contributed by atoms with E-state index in [0.29, 0.717) is 24.3 Å². The minimum Gasteiger partial charge on any atom is -0.468 e. The molecular weight excluding hydrogens is 381 g/mol. The molecule has 1 aliphatic heterocycles. The predicted octanol–water partition coefficient (Wildman–Crippen LogP) is 3.02. The molecule has 27 heavy (non-hydrogen) atoms. The van der Waals surface area contributed by atoms with Crippen molar-refractivity contribution in [2.24, 2.45) is 12.8 Å². The molecule has 1 aromatic heterocycles. The summed E-state index contributed by atoms with van der Waals surface area (Å²) in [6, 6.07) is 10.0. The summed E-state index contributed by atoms with van der Waals surface area (Å²) >= 11 is 0. The van der Waals surface area contributed by atoms with Gasteiger partial charge in [-0.25, -0.2) is 4.68 Å². The molecule has 0 radical (unpaired) electrons. The molecule has 1 aromatic carbocycles. The Balaban J connectivity index is 0.00000261. The molecule has 150 valence electrons. The quantitative estimate of drug-likeness (QED) is 0.832. The molecule has 5 nitrogen and oxygen atoms in total. The molecule has 0 bridgehead atoms. The van der Waals surface area contributed by atoms with Gasteiger partial charge in [-0.15, -0.1) is 12.4 Å². The van der Waals surface area contributed by atoms with Gasteiger partial charge in [0.25, 0.3) is 0 Å². The van der Waals surface area contributed by atoms with Gasteiger partial charge >= 0.3 is 6.18 Å². The molecule has 2 N–H and O–H groups in total. The molecular formula is C18H24ClF3N4O. The van der Waals surface area contributed by atoms with E-state index < -0.39 is 12.8 Å². The average Bonchev–Trinajstić information content (AvgIpc) is 3.06. The molecule has 1 fully saturated rings. The maximum atomic E-state index is 12.5. The van der Waals surface area contributed by atoms with Gasteiger partial charge in [0.1, 0.15) is 0 Å². The van der Waals surface area contributed by atoms with Gasteiger partial charge < -0.3 is 10.5 Å². The number of halogens is 4. The van der Waals surface area contributed by atoms with Gasteiger partial charge in [0.2, 0.25) is 5.88 Å². The summed E-state index contributed by atoms with van der Waals surface area (Å²) in [6.07, 6.45) is -4.39. The highest BCUT2D eigenvalue weighted by molar-refractivity contribution is 5.85. The minimum atomic E-state index is -4.39. The van der Waals surface area contributed by atoms with Crippen LogP contribution >= 0.6 is 12.4 Å². The number of likely N-dealkylation sites (tertiary alicyclic amines) is 1. The zero-order chi connectivity index (χ0) is 18.9. The van der Waals surface area contributed by atoms with Crippen molar-refractivity contribution in [2.75, 3.05) is 19.7 Å². The van der Waals surface area contributed by atoms with Crippen molar-refractivity contribution < 1.29 is 17.9 Å². The number of alkyl halides is 3. The van der Waals surface area contributed by atoms with Gasteiger partial charge in [0.15, 0.2) is 6.61 Å². The second-order valence-corrected chi connectivity index (χ2v) is 6.77. The highest BCUT2D eigenvalue weighted by Crippen LogP contribution is 2.31. The van der Waals surface area contributed by atoms with Crippen molar-refractivity contribution in [2.45, 2.75) is 31.6 Å². The molecule has 0 unspecified atom stereocenters. The van der Waals surface area contributed by atoms with Crippen molar-refractivity contribution in [1.82, 2.24) is 14.7 Å². The number of aryl methyl sites for hydroxylation is 2. The van der Waals surface area contributed by atoms with E-state index in [4.69, 9.17) is 10.5 Å². The van der Waals surface area contributed by atoms with Crippen LogP contribution in [0.3, 0.4) is 0 Å². The molecule has 2 aromatic rings. The Kier molecular flexibility index (Phi) is 6.77. The smallest absolute Gasteiger partial charge is 0.422 e. The maximum absolute atomic E-state index is 12.5.